The van der Waals surface area contributed by atoms with Crippen LogP contribution < -0.4 is 5.32 Å². The number of amides is 2. The number of carboxylic acid groups (broad SMARTS) is 1. The van der Waals surface area contributed by atoms with E-state index in [1.807, 2.05) is 13.8 Å². The van der Waals surface area contributed by atoms with E-state index in [1.165, 1.54) is 4.90 Å². The molecule has 5 nitrogen and oxygen atoms in total. The molecule has 0 aromatic carbocycles. The molecule has 0 radical (unpaired) electrons. The fourth-order valence-corrected chi connectivity index (χ4v) is 1.41. The van der Waals surface area contributed by atoms with Gasteiger partial charge in [0.15, 0.2) is 0 Å². The summed E-state index contributed by atoms with van der Waals surface area (Å²) in [6.45, 7) is 3.95. The van der Waals surface area contributed by atoms with Crippen LogP contribution in [0.2, 0.25) is 0 Å². The molecule has 5 heteroatoms. The first-order valence-electron chi connectivity index (χ1n) is 5.78. The van der Waals surface area contributed by atoms with Crippen molar-refractivity contribution < 1.29 is 14.7 Å². The van der Waals surface area contributed by atoms with Gasteiger partial charge in [0.1, 0.15) is 6.54 Å². The number of aliphatic carboxylic acids is 1. The Balaban J connectivity index is 4.40. The highest BCUT2D eigenvalue weighted by Crippen LogP contribution is 1.98. The summed E-state index contributed by atoms with van der Waals surface area (Å²) in [6, 6.07) is -0.744. The summed E-state index contributed by atoms with van der Waals surface area (Å²) in [5.41, 5.74) is 0. The van der Waals surface area contributed by atoms with E-state index in [2.05, 4.69) is 11.2 Å². The van der Waals surface area contributed by atoms with Gasteiger partial charge in [-0.25, -0.2) is 4.79 Å². The molecule has 0 saturated carbocycles. The Morgan fingerprint density at radius 3 is 2.47 bits per heavy atom. The Morgan fingerprint density at radius 2 is 2.06 bits per heavy atom. The minimum absolute atomic E-state index is 0.302. The second-order valence-corrected chi connectivity index (χ2v) is 3.77. The number of nitrogens with zero attached hydrogens (tertiary/aromatic N) is 1. The van der Waals surface area contributed by atoms with Crippen LogP contribution in [0.25, 0.3) is 0 Å². The lowest BCUT2D eigenvalue weighted by Crippen LogP contribution is -2.46. The molecule has 2 N–H and O–H groups in total. The highest BCUT2D eigenvalue weighted by atomic mass is 16.4. The van der Waals surface area contributed by atoms with Crippen molar-refractivity contribution in [3.8, 4) is 12.3 Å². The van der Waals surface area contributed by atoms with Crippen LogP contribution in [-0.4, -0.2) is 41.1 Å². The van der Waals surface area contributed by atoms with Gasteiger partial charge in [0, 0.05) is 6.54 Å². The van der Waals surface area contributed by atoms with E-state index in [0.717, 1.165) is 6.42 Å². The summed E-state index contributed by atoms with van der Waals surface area (Å²) in [5, 5.41) is 11.3. The summed E-state index contributed by atoms with van der Waals surface area (Å²) in [6.07, 6.45) is 7.54. The summed E-state index contributed by atoms with van der Waals surface area (Å²) in [5.74, 6) is 1.45. The van der Waals surface area contributed by atoms with E-state index < -0.39 is 12.0 Å². The van der Waals surface area contributed by atoms with Crippen LogP contribution in [0, 0.1) is 12.3 Å². The molecule has 1 unspecified atom stereocenters. The second-order valence-electron chi connectivity index (χ2n) is 3.77. The number of urea groups is 1. The predicted octanol–water partition coefficient (Wildman–Crippen LogP) is 1.29. The van der Waals surface area contributed by atoms with Crippen molar-refractivity contribution in [2.75, 3.05) is 13.1 Å². The van der Waals surface area contributed by atoms with Gasteiger partial charge < -0.3 is 15.3 Å². The first kappa shape index (κ1) is 15.3. The van der Waals surface area contributed by atoms with E-state index in [9.17, 15) is 9.59 Å². The van der Waals surface area contributed by atoms with E-state index in [-0.39, 0.29) is 12.6 Å². The fourth-order valence-electron chi connectivity index (χ4n) is 1.41. The molecule has 17 heavy (non-hydrogen) atoms. The summed E-state index contributed by atoms with van der Waals surface area (Å²) >= 11 is 0. The first-order chi connectivity index (χ1) is 8.04. The van der Waals surface area contributed by atoms with Gasteiger partial charge in [-0.1, -0.05) is 26.2 Å². The maximum Gasteiger partial charge on any atom is 0.323 e. The third-order valence-electron chi connectivity index (χ3n) is 2.18. The molecule has 0 saturated heterocycles. The van der Waals surface area contributed by atoms with E-state index >= 15 is 0 Å². The number of hydrogen-bond acceptors (Lipinski definition) is 2. The predicted molar refractivity (Wildman–Crippen MR) is 65.6 cm³/mol. The molecule has 0 heterocycles. The van der Waals surface area contributed by atoms with Crippen LogP contribution in [0.15, 0.2) is 0 Å². The Hall–Kier alpha value is -1.70. The average Bonchev–Trinajstić information content (AvgIpc) is 2.27. The molecule has 0 aromatic rings. The number of carboxylic acids is 1. The van der Waals surface area contributed by atoms with E-state index in [0.29, 0.717) is 19.4 Å². The molecule has 0 aliphatic rings. The lowest BCUT2D eigenvalue weighted by molar-refractivity contribution is -0.137. The summed E-state index contributed by atoms with van der Waals surface area (Å²) in [7, 11) is 0. The van der Waals surface area contributed by atoms with Gasteiger partial charge in [-0.3, -0.25) is 4.79 Å². The van der Waals surface area contributed by atoms with Crippen LogP contribution >= 0.6 is 0 Å². The maximum absolute atomic E-state index is 11.8. The third-order valence-corrected chi connectivity index (χ3v) is 2.18. The molecule has 0 aliphatic heterocycles. The van der Waals surface area contributed by atoms with Crippen LogP contribution in [0.4, 0.5) is 4.79 Å². The molecule has 2 amide bonds. The van der Waals surface area contributed by atoms with Gasteiger partial charge in [-0.15, -0.1) is 6.42 Å². The zero-order valence-electron chi connectivity index (χ0n) is 10.4. The average molecular weight is 240 g/mol. The number of hydrogen-bond donors (Lipinski definition) is 2. The monoisotopic (exact) mass is 240 g/mol. The third kappa shape index (κ3) is 6.46. The number of carbonyl (C=O) groups excluding carboxylic acids is 1. The minimum Gasteiger partial charge on any atom is -0.480 e. The number of carbonyl (C=O) groups is 2. The van der Waals surface area contributed by atoms with Gasteiger partial charge >= 0.3 is 12.0 Å². The van der Waals surface area contributed by atoms with Crippen molar-refractivity contribution in [1.82, 2.24) is 10.2 Å². The molecular weight excluding hydrogens is 220 g/mol. The van der Waals surface area contributed by atoms with E-state index in [1.54, 1.807) is 0 Å². The van der Waals surface area contributed by atoms with Gasteiger partial charge in [-0.2, -0.15) is 0 Å². The molecule has 0 rings (SSSR count). The van der Waals surface area contributed by atoms with Gasteiger partial charge in [0.25, 0.3) is 0 Å². The largest absolute Gasteiger partial charge is 0.480 e. The zero-order valence-corrected chi connectivity index (χ0v) is 10.4. The van der Waals surface area contributed by atoms with Crippen molar-refractivity contribution in [2.24, 2.45) is 0 Å². The number of nitrogens with one attached hydrogen (secondary N) is 1. The SMILES string of the molecule is C#CC(CCC)NC(=O)N(CCC)CC(=O)O. The second kappa shape index (κ2) is 8.45. The Labute approximate surface area is 102 Å². The zero-order chi connectivity index (χ0) is 13.3. The molecular formula is C12H20N2O3. The van der Waals surface area contributed by atoms with Gasteiger partial charge in [0.05, 0.1) is 6.04 Å². The molecule has 1 atom stereocenters. The Kier molecular flexibility index (Phi) is 7.61. The minimum atomic E-state index is -1.03. The quantitative estimate of drug-likeness (QED) is 0.659. The maximum atomic E-state index is 11.8. The summed E-state index contributed by atoms with van der Waals surface area (Å²) in [4.78, 5) is 23.6. The van der Waals surface area contributed by atoms with Crippen molar-refractivity contribution >= 4 is 12.0 Å². The van der Waals surface area contributed by atoms with Crippen molar-refractivity contribution in [2.45, 2.75) is 39.2 Å². The summed E-state index contributed by atoms with van der Waals surface area (Å²) < 4.78 is 0. The van der Waals surface area contributed by atoms with Crippen LogP contribution in [0.3, 0.4) is 0 Å². The molecule has 0 spiro atoms. The number of rotatable bonds is 7. The highest BCUT2D eigenvalue weighted by molar-refractivity contribution is 5.80. The normalized spacial score (nSPS) is 11.4. The van der Waals surface area contributed by atoms with Gasteiger partial charge in [0.2, 0.25) is 0 Å². The molecule has 96 valence electrons. The lowest BCUT2D eigenvalue weighted by atomic mass is 10.2. The molecule has 0 aliphatic carbocycles. The fraction of sp³-hybridized carbons (Fsp3) is 0.667. The van der Waals surface area contributed by atoms with Crippen LogP contribution in [-0.2, 0) is 4.79 Å². The van der Waals surface area contributed by atoms with Gasteiger partial charge in [-0.05, 0) is 12.8 Å². The Morgan fingerprint density at radius 1 is 1.41 bits per heavy atom. The van der Waals surface area contributed by atoms with Crippen LogP contribution in [0.1, 0.15) is 33.1 Å². The van der Waals surface area contributed by atoms with E-state index in [4.69, 9.17) is 11.5 Å². The van der Waals surface area contributed by atoms with Crippen molar-refractivity contribution in [1.29, 1.82) is 0 Å². The molecule has 0 aromatic heterocycles. The van der Waals surface area contributed by atoms with Crippen LogP contribution in [0.5, 0.6) is 0 Å². The Bertz CT molecular complexity index is 297. The first-order valence-corrected chi connectivity index (χ1v) is 5.78. The lowest BCUT2D eigenvalue weighted by Gasteiger charge is -2.22. The molecule has 0 bridgehead atoms. The van der Waals surface area contributed by atoms with Crippen molar-refractivity contribution in [3.05, 3.63) is 0 Å². The highest BCUT2D eigenvalue weighted by Gasteiger charge is 2.17. The molecule has 0 fully saturated rings. The number of terminal acetylenes is 1. The smallest absolute Gasteiger partial charge is 0.323 e. The topological polar surface area (TPSA) is 69.6 Å². The van der Waals surface area contributed by atoms with Crippen molar-refractivity contribution in [3.63, 3.8) is 0 Å². The standard InChI is InChI=1S/C12H20N2O3/c1-4-7-10(6-3)13-12(17)14(8-5-2)9-11(15)16/h3,10H,4-5,7-9H2,1-2H3,(H,13,17)(H,15,16).